The Labute approximate surface area is 54.8 Å². The highest BCUT2D eigenvalue weighted by molar-refractivity contribution is 4.88. The average molecular weight is 131 g/mol. The molecule has 54 valence electrons. The Hall–Kier alpha value is -0.120. The van der Waals surface area contributed by atoms with Crippen molar-refractivity contribution in [3.05, 3.63) is 0 Å². The van der Waals surface area contributed by atoms with Crippen molar-refractivity contribution in [3.8, 4) is 0 Å². The van der Waals surface area contributed by atoms with Crippen molar-refractivity contribution in [2.24, 2.45) is 5.90 Å². The van der Waals surface area contributed by atoms with Crippen LogP contribution in [0.3, 0.4) is 0 Å². The molecule has 1 aliphatic rings. The van der Waals surface area contributed by atoms with E-state index in [2.05, 4.69) is 4.84 Å². The van der Waals surface area contributed by atoms with Crippen molar-refractivity contribution in [3.63, 3.8) is 0 Å². The summed E-state index contributed by atoms with van der Waals surface area (Å²) in [4.78, 5) is 4.58. The molecule has 2 atom stereocenters. The Morgan fingerprint density at radius 2 is 2.44 bits per heavy atom. The van der Waals surface area contributed by atoms with Crippen LogP contribution in [0.25, 0.3) is 0 Å². The van der Waals surface area contributed by atoms with Gasteiger partial charge in [0.05, 0.1) is 5.60 Å². The fraction of sp³-hybridized carbons (Fsp3) is 1.00. The van der Waals surface area contributed by atoms with Crippen molar-refractivity contribution >= 4 is 0 Å². The van der Waals surface area contributed by atoms with Crippen LogP contribution in [0, 0.1) is 0 Å². The zero-order valence-corrected chi connectivity index (χ0v) is 5.63. The smallest absolute Gasteiger partial charge is 0.107 e. The first-order valence-electron chi connectivity index (χ1n) is 3.25. The van der Waals surface area contributed by atoms with Gasteiger partial charge >= 0.3 is 0 Å². The minimum Gasteiger partial charge on any atom is -0.387 e. The van der Waals surface area contributed by atoms with Crippen LogP contribution in [0.1, 0.15) is 26.2 Å². The van der Waals surface area contributed by atoms with Crippen molar-refractivity contribution in [1.29, 1.82) is 0 Å². The lowest BCUT2D eigenvalue weighted by molar-refractivity contribution is -0.0801. The van der Waals surface area contributed by atoms with Gasteiger partial charge in [0.2, 0.25) is 0 Å². The van der Waals surface area contributed by atoms with Gasteiger partial charge in [0.25, 0.3) is 0 Å². The second-order valence-electron chi connectivity index (χ2n) is 2.87. The molecule has 0 aromatic heterocycles. The molecule has 0 bridgehead atoms. The molecule has 0 heterocycles. The Balaban J connectivity index is 2.52. The summed E-state index contributed by atoms with van der Waals surface area (Å²) in [5.41, 5.74) is -0.686. The van der Waals surface area contributed by atoms with Crippen LogP contribution in [0.5, 0.6) is 0 Å². The third-order valence-electron chi connectivity index (χ3n) is 2.01. The molecule has 1 saturated carbocycles. The zero-order chi connectivity index (χ0) is 6.91. The highest BCUT2D eigenvalue weighted by Crippen LogP contribution is 2.30. The van der Waals surface area contributed by atoms with Gasteiger partial charge in [0.1, 0.15) is 6.10 Å². The Morgan fingerprint density at radius 1 is 1.78 bits per heavy atom. The molecule has 2 unspecified atom stereocenters. The minimum atomic E-state index is -0.686. The second kappa shape index (κ2) is 2.25. The van der Waals surface area contributed by atoms with E-state index in [1.54, 1.807) is 6.92 Å². The standard InChI is InChI=1S/C6H13NO2/c1-6(8)4-2-3-5(6)9-7/h5,8H,2-4,7H2,1H3. The van der Waals surface area contributed by atoms with Crippen LogP contribution < -0.4 is 5.90 Å². The fourth-order valence-corrected chi connectivity index (χ4v) is 1.33. The SMILES string of the molecule is CC1(O)CCCC1ON. The van der Waals surface area contributed by atoms with Crippen LogP contribution in [-0.4, -0.2) is 16.8 Å². The summed E-state index contributed by atoms with van der Waals surface area (Å²) >= 11 is 0. The lowest BCUT2D eigenvalue weighted by Gasteiger charge is -2.22. The molecule has 3 nitrogen and oxygen atoms in total. The van der Waals surface area contributed by atoms with E-state index < -0.39 is 5.60 Å². The lowest BCUT2D eigenvalue weighted by Crippen LogP contribution is -2.37. The topological polar surface area (TPSA) is 55.5 Å². The van der Waals surface area contributed by atoms with Gasteiger partial charge in [-0.05, 0) is 26.2 Å². The monoisotopic (exact) mass is 131 g/mol. The lowest BCUT2D eigenvalue weighted by atomic mass is 10.0. The number of hydrogen-bond acceptors (Lipinski definition) is 3. The molecule has 1 rings (SSSR count). The third kappa shape index (κ3) is 1.23. The maximum atomic E-state index is 9.45. The van der Waals surface area contributed by atoms with Gasteiger partial charge in [-0.1, -0.05) is 0 Å². The van der Waals surface area contributed by atoms with Crippen molar-refractivity contribution in [1.82, 2.24) is 0 Å². The van der Waals surface area contributed by atoms with Gasteiger partial charge in [0.15, 0.2) is 0 Å². The van der Waals surface area contributed by atoms with E-state index in [4.69, 9.17) is 5.90 Å². The van der Waals surface area contributed by atoms with E-state index >= 15 is 0 Å². The number of aliphatic hydroxyl groups is 1. The maximum Gasteiger partial charge on any atom is 0.107 e. The minimum absolute atomic E-state index is 0.155. The van der Waals surface area contributed by atoms with Crippen LogP contribution in [-0.2, 0) is 4.84 Å². The zero-order valence-electron chi connectivity index (χ0n) is 5.63. The first-order valence-corrected chi connectivity index (χ1v) is 3.25. The summed E-state index contributed by atoms with van der Waals surface area (Å²) in [6.45, 7) is 1.76. The number of rotatable bonds is 1. The molecule has 0 saturated heterocycles. The molecule has 0 spiro atoms. The van der Waals surface area contributed by atoms with Crippen LogP contribution >= 0.6 is 0 Å². The largest absolute Gasteiger partial charge is 0.387 e. The first-order chi connectivity index (χ1) is 4.17. The Bertz CT molecular complexity index is 103. The quantitative estimate of drug-likeness (QED) is 0.499. The Morgan fingerprint density at radius 3 is 2.67 bits per heavy atom. The average Bonchev–Trinajstić information content (AvgIpc) is 2.08. The van der Waals surface area contributed by atoms with Gasteiger partial charge < -0.3 is 5.11 Å². The Kier molecular flexibility index (Phi) is 1.75. The van der Waals surface area contributed by atoms with Gasteiger partial charge in [-0.25, -0.2) is 5.90 Å². The van der Waals surface area contributed by atoms with Crippen LogP contribution in [0.2, 0.25) is 0 Å². The predicted octanol–water partition coefficient (Wildman–Crippen LogP) is 0.180. The molecule has 0 aromatic carbocycles. The molecule has 3 heteroatoms. The summed E-state index contributed by atoms with van der Waals surface area (Å²) < 4.78 is 0. The highest BCUT2D eigenvalue weighted by Gasteiger charge is 2.37. The second-order valence-corrected chi connectivity index (χ2v) is 2.87. The van der Waals surface area contributed by atoms with E-state index in [1.165, 1.54) is 0 Å². The third-order valence-corrected chi connectivity index (χ3v) is 2.01. The van der Waals surface area contributed by atoms with E-state index in [0.717, 1.165) is 19.3 Å². The molecule has 0 aliphatic heterocycles. The van der Waals surface area contributed by atoms with E-state index in [0.29, 0.717) is 0 Å². The summed E-state index contributed by atoms with van der Waals surface area (Å²) in [6, 6.07) is 0. The van der Waals surface area contributed by atoms with Crippen molar-refractivity contribution < 1.29 is 9.94 Å². The molecule has 0 amide bonds. The molecule has 1 aliphatic carbocycles. The van der Waals surface area contributed by atoms with E-state index in [-0.39, 0.29) is 6.10 Å². The molecule has 3 N–H and O–H groups in total. The summed E-state index contributed by atoms with van der Waals surface area (Å²) in [7, 11) is 0. The molecule has 0 radical (unpaired) electrons. The predicted molar refractivity (Wildman–Crippen MR) is 33.5 cm³/mol. The summed E-state index contributed by atoms with van der Waals surface area (Å²) in [5, 5.41) is 9.45. The number of hydrogen-bond donors (Lipinski definition) is 2. The summed E-state index contributed by atoms with van der Waals surface area (Å²) in [6.07, 6.45) is 2.53. The molecular formula is C6H13NO2. The molecule has 0 aromatic rings. The molecule has 1 fully saturated rings. The van der Waals surface area contributed by atoms with Crippen molar-refractivity contribution in [2.45, 2.75) is 37.9 Å². The summed E-state index contributed by atoms with van der Waals surface area (Å²) in [5.74, 6) is 4.95. The maximum absolute atomic E-state index is 9.45. The van der Waals surface area contributed by atoms with Gasteiger partial charge in [0, 0.05) is 0 Å². The van der Waals surface area contributed by atoms with Crippen LogP contribution in [0.15, 0.2) is 0 Å². The number of nitrogens with two attached hydrogens (primary N) is 1. The van der Waals surface area contributed by atoms with E-state index in [1.807, 2.05) is 0 Å². The molecular weight excluding hydrogens is 118 g/mol. The first kappa shape index (κ1) is 6.99. The molecule has 9 heavy (non-hydrogen) atoms. The normalized spacial score (nSPS) is 43.7. The van der Waals surface area contributed by atoms with Gasteiger partial charge in [-0.15, -0.1) is 0 Å². The fourth-order valence-electron chi connectivity index (χ4n) is 1.33. The van der Waals surface area contributed by atoms with Crippen molar-refractivity contribution in [2.75, 3.05) is 0 Å². The van der Waals surface area contributed by atoms with Gasteiger partial charge in [-0.2, -0.15) is 0 Å². The van der Waals surface area contributed by atoms with Gasteiger partial charge in [-0.3, -0.25) is 4.84 Å². The van der Waals surface area contributed by atoms with E-state index in [9.17, 15) is 5.11 Å². The van der Waals surface area contributed by atoms with Crippen LogP contribution in [0.4, 0.5) is 0 Å². The highest BCUT2D eigenvalue weighted by atomic mass is 16.6.